The lowest BCUT2D eigenvalue weighted by molar-refractivity contribution is -0.131. The molecule has 0 saturated carbocycles. The minimum absolute atomic E-state index is 0.0543. The summed E-state index contributed by atoms with van der Waals surface area (Å²) in [5.41, 5.74) is 2.71. The van der Waals surface area contributed by atoms with Crippen molar-refractivity contribution >= 4 is 17.5 Å². The van der Waals surface area contributed by atoms with Crippen LogP contribution < -0.4 is 5.32 Å². The molecule has 1 fully saturated rings. The Morgan fingerprint density at radius 2 is 1.90 bits per heavy atom. The summed E-state index contributed by atoms with van der Waals surface area (Å²) < 4.78 is 1.83. The second-order valence-electron chi connectivity index (χ2n) is 7.53. The average Bonchev–Trinajstić information content (AvgIpc) is 3.18. The highest BCUT2D eigenvalue weighted by Gasteiger charge is 2.49. The van der Waals surface area contributed by atoms with E-state index in [0.717, 1.165) is 23.9 Å². The number of hydrogen-bond acceptors (Lipinski definition) is 3. The number of hydrogen-bond donors (Lipinski definition) is 1. The molecule has 146 valence electrons. The van der Waals surface area contributed by atoms with Crippen LogP contribution in [0.25, 0.3) is 5.52 Å². The Morgan fingerprint density at radius 3 is 2.59 bits per heavy atom. The molecule has 1 aliphatic rings. The Bertz CT molecular complexity index is 1140. The van der Waals surface area contributed by atoms with Gasteiger partial charge in [-0.1, -0.05) is 43.7 Å². The molecule has 1 N–H and O–H groups in total. The lowest BCUT2D eigenvalue weighted by Crippen LogP contribution is -2.40. The SMILES string of the molecule is CCCc1ccc(C2(C)NC(=O)N(Cc3cn4ccccc4c3C#N)C2=O)cc1. The van der Waals surface area contributed by atoms with E-state index in [1.165, 1.54) is 10.5 Å². The van der Waals surface area contributed by atoms with Crippen molar-refractivity contribution in [2.45, 2.75) is 38.8 Å². The van der Waals surface area contributed by atoms with E-state index in [1.807, 2.05) is 53.1 Å². The first kappa shape index (κ1) is 18.8. The maximum atomic E-state index is 13.2. The summed E-state index contributed by atoms with van der Waals surface area (Å²) in [6.45, 7) is 3.90. The lowest BCUT2D eigenvalue weighted by Gasteiger charge is -2.22. The van der Waals surface area contributed by atoms with Crippen LogP contribution in [0.1, 0.15) is 42.5 Å². The molecule has 6 nitrogen and oxygen atoms in total. The fraction of sp³-hybridized carbons (Fsp3) is 0.261. The second-order valence-corrected chi connectivity index (χ2v) is 7.53. The van der Waals surface area contributed by atoms with Gasteiger partial charge >= 0.3 is 6.03 Å². The third-order valence-electron chi connectivity index (χ3n) is 5.55. The predicted octanol–water partition coefficient (Wildman–Crippen LogP) is 3.73. The molecule has 2 aromatic heterocycles. The van der Waals surface area contributed by atoms with E-state index in [4.69, 9.17) is 0 Å². The molecule has 3 heterocycles. The maximum absolute atomic E-state index is 13.2. The fourth-order valence-corrected chi connectivity index (χ4v) is 3.93. The summed E-state index contributed by atoms with van der Waals surface area (Å²) in [6.07, 6.45) is 5.66. The van der Waals surface area contributed by atoms with Gasteiger partial charge in [0.05, 0.1) is 17.6 Å². The minimum atomic E-state index is -1.12. The number of nitriles is 1. The highest BCUT2D eigenvalue weighted by atomic mass is 16.2. The predicted molar refractivity (Wildman–Crippen MR) is 109 cm³/mol. The number of benzene rings is 1. The van der Waals surface area contributed by atoms with Gasteiger partial charge in [-0.15, -0.1) is 0 Å². The van der Waals surface area contributed by atoms with Crippen LogP contribution in [0.4, 0.5) is 4.79 Å². The van der Waals surface area contributed by atoms with Gasteiger partial charge in [-0.2, -0.15) is 5.26 Å². The van der Waals surface area contributed by atoms with Crippen LogP contribution in [0.2, 0.25) is 0 Å². The Balaban J connectivity index is 1.64. The zero-order chi connectivity index (χ0) is 20.6. The lowest BCUT2D eigenvalue weighted by atomic mass is 9.91. The largest absolute Gasteiger partial charge is 0.325 e. The Labute approximate surface area is 169 Å². The first-order valence-electron chi connectivity index (χ1n) is 9.70. The minimum Gasteiger partial charge on any atom is -0.322 e. The van der Waals surface area contributed by atoms with E-state index >= 15 is 0 Å². The van der Waals surface area contributed by atoms with Gasteiger partial charge in [0.2, 0.25) is 0 Å². The topological polar surface area (TPSA) is 77.6 Å². The zero-order valence-electron chi connectivity index (χ0n) is 16.5. The van der Waals surface area contributed by atoms with Crippen LogP contribution in [0.15, 0.2) is 54.9 Å². The standard InChI is InChI=1S/C23H22N4O2/c1-3-6-16-8-10-18(11-9-16)23(2)21(28)27(22(29)25-23)15-17-14-26-12-5-4-7-20(26)19(17)13-24/h4-5,7-12,14H,3,6,15H2,1-2H3,(H,25,29). The van der Waals surface area contributed by atoms with Crippen LogP contribution in [0.5, 0.6) is 0 Å². The van der Waals surface area contributed by atoms with Gasteiger partial charge in [0.1, 0.15) is 11.6 Å². The number of aryl methyl sites for hydroxylation is 1. The normalized spacial score (nSPS) is 18.9. The maximum Gasteiger partial charge on any atom is 0.325 e. The number of carbonyl (C=O) groups is 2. The van der Waals surface area contributed by atoms with E-state index in [1.54, 1.807) is 13.1 Å². The Morgan fingerprint density at radius 1 is 1.14 bits per heavy atom. The van der Waals surface area contributed by atoms with Gasteiger partial charge < -0.3 is 9.72 Å². The summed E-state index contributed by atoms with van der Waals surface area (Å²) >= 11 is 0. The number of carbonyl (C=O) groups excluding carboxylic acids is 2. The molecule has 29 heavy (non-hydrogen) atoms. The van der Waals surface area contributed by atoms with Crippen molar-refractivity contribution in [2.24, 2.45) is 0 Å². The van der Waals surface area contributed by atoms with E-state index in [2.05, 4.69) is 18.3 Å². The molecule has 1 saturated heterocycles. The van der Waals surface area contributed by atoms with Gasteiger partial charge in [0.25, 0.3) is 5.91 Å². The first-order valence-corrected chi connectivity index (χ1v) is 9.70. The number of pyridine rings is 1. The van der Waals surface area contributed by atoms with Crippen LogP contribution in [0, 0.1) is 11.3 Å². The van der Waals surface area contributed by atoms with Gasteiger partial charge in [-0.3, -0.25) is 9.69 Å². The first-order chi connectivity index (χ1) is 14.0. The number of rotatable bonds is 5. The molecule has 6 heteroatoms. The van der Waals surface area contributed by atoms with Gasteiger partial charge in [-0.05, 0) is 36.6 Å². The van der Waals surface area contributed by atoms with Gasteiger partial charge in [0, 0.05) is 18.0 Å². The zero-order valence-corrected chi connectivity index (χ0v) is 16.5. The molecule has 1 aliphatic heterocycles. The number of aromatic nitrogens is 1. The highest BCUT2D eigenvalue weighted by molar-refractivity contribution is 6.07. The fourth-order valence-electron chi connectivity index (χ4n) is 3.93. The average molecular weight is 386 g/mol. The van der Waals surface area contributed by atoms with Crippen molar-refractivity contribution < 1.29 is 9.59 Å². The second kappa shape index (κ2) is 7.10. The van der Waals surface area contributed by atoms with E-state index in [9.17, 15) is 14.9 Å². The van der Waals surface area contributed by atoms with Crippen molar-refractivity contribution in [3.63, 3.8) is 0 Å². The molecule has 3 aromatic rings. The summed E-state index contributed by atoms with van der Waals surface area (Å²) in [5.74, 6) is -0.315. The van der Waals surface area contributed by atoms with Crippen molar-refractivity contribution in [2.75, 3.05) is 0 Å². The molecule has 3 amide bonds. The summed E-state index contributed by atoms with van der Waals surface area (Å²) in [5, 5.41) is 12.4. The molecule has 0 spiro atoms. The summed E-state index contributed by atoms with van der Waals surface area (Å²) in [4.78, 5) is 27.1. The van der Waals surface area contributed by atoms with E-state index in [0.29, 0.717) is 11.1 Å². The smallest absolute Gasteiger partial charge is 0.322 e. The molecule has 1 aromatic carbocycles. The van der Waals surface area contributed by atoms with E-state index < -0.39 is 11.6 Å². The number of fused-ring (bicyclic) bond motifs is 1. The molecule has 4 rings (SSSR count). The molecular weight excluding hydrogens is 364 g/mol. The number of imide groups is 1. The van der Waals surface area contributed by atoms with Crippen LogP contribution in [0.3, 0.4) is 0 Å². The molecule has 1 atom stereocenters. The number of amides is 3. The Kier molecular flexibility index (Phi) is 4.59. The monoisotopic (exact) mass is 386 g/mol. The van der Waals surface area contributed by atoms with Crippen molar-refractivity contribution in [1.82, 2.24) is 14.6 Å². The molecular formula is C23H22N4O2. The summed E-state index contributed by atoms with van der Waals surface area (Å²) in [7, 11) is 0. The Hall–Kier alpha value is -3.59. The number of nitrogens with zero attached hydrogens (tertiary/aromatic N) is 3. The third kappa shape index (κ3) is 3.05. The van der Waals surface area contributed by atoms with Crippen molar-refractivity contribution in [3.8, 4) is 6.07 Å². The van der Waals surface area contributed by atoms with E-state index in [-0.39, 0.29) is 12.5 Å². The molecule has 1 unspecified atom stereocenters. The van der Waals surface area contributed by atoms with Crippen molar-refractivity contribution in [3.05, 3.63) is 77.1 Å². The van der Waals surface area contributed by atoms with Gasteiger partial charge in [-0.25, -0.2) is 4.79 Å². The highest BCUT2D eigenvalue weighted by Crippen LogP contribution is 2.31. The van der Waals surface area contributed by atoms with Crippen LogP contribution >= 0.6 is 0 Å². The summed E-state index contributed by atoms with van der Waals surface area (Å²) in [6, 6.07) is 15.1. The van der Waals surface area contributed by atoms with Crippen LogP contribution in [-0.4, -0.2) is 21.2 Å². The molecule has 0 aliphatic carbocycles. The van der Waals surface area contributed by atoms with Crippen molar-refractivity contribution in [1.29, 1.82) is 5.26 Å². The quantitative estimate of drug-likeness (QED) is 0.679. The molecule has 0 radical (unpaired) electrons. The third-order valence-corrected chi connectivity index (χ3v) is 5.55. The molecule has 0 bridgehead atoms. The van der Waals surface area contributed by atoms with Gasteiger partial charge in [0.15, 0.2) is 0 Å². The number of nitrogens with one attached hydrogen (secondary N) is 1. The number of urea groups is 1. The van der Waals surface area contributed by atoms with Crippen LogP contribution in [-0.2, 0) is 23.3 Å².